The first-order valence-electron chi connectivity index (χ1n) is 8.83. The molecule has 0 spiro atoms. The molecule has 0 aliphatic carbocycles. The molecule has 2 N–H and O–H groups in total. The van der Waals surface area contributed by atoms with Gasteiger partial charge in [-0.15, -0.1) is 0 Å². The predicted octanol–water partition coefficient (Wildman–Crippen LogP) is -0.820. The maximum absolute atomic E-state index is 12.5. The molecule has 0 bridgehead atoms. The number of morpholine rings is 1. The summed E-state index contributed by atoms with van der Waals surface area (Å²) in [4.78, 5) is 12.6. The average Bonchev–Trinajstić information content (AvgIpc) is 2.69. The van der Waals surface area contributed by atoms with E-state index in [-0.39, 0.29) is 12.3 Å². The Labute approximate surface area is 154 Å². The van der Waals surface area contributed by atoms with Gasteiger partial charge in [0.25, 0.3) is 0 Å². The minimum atomic E-state index is -3.33. The normalized spacial score (nSPS) is 20.4. The molecule has 26 heavy (non-hydrogen) atoms. The van der Waals surface area contributed by atoms with Gasteiger partial charge in [0.05, 0.1) is 25.5 Å². The van der Waals surface area contributed by atoms with Crippen molar-refractivity contribution >= 4 is 21.8 Å². The largest absolute Gasteiger partial charge is 0.378 e. The zero-order valence-corrected chi connectivity index (χ0v) is 15.6. The highest BCUT2D eigenvalue weighted by Gasteiger charge is 2.27. The lowest BCUT2D eigenvalue weighted by molar-refractivity contribution is 0.0674. The second kappa shape index (κ2) is 8.65. The van der Waals surface area contributed by atoms with Crippen LogP contribution >= 0.6 is 0 Å². The third-order valence-corrected chi connectivity index (χ3v) is 6.41. The molecular formula is C16H26N6O3S. The third-order valence-electron chi connectivity index (χ3n) is 4.56. The summed E-state index contributed by atoms with van der Waals surface area (Å²) in [6.07, 6.45) is 1.75. The molecule has 3 heterocycles. The Morgan fingerprint density at radius 1 is 1.15 bits per heavy atom. The van der Waals surface area contributed by atoms with Crippen molar-refractivity contribution in [3.8, 4) is 0 Å². The number of anilines is 1. The first-order chi connectivity index (χ1) is 12.6. The number of ether oxygens (including phenoxy) is 1. The smallest absolute Gasteiger partial charge is 0.216 e. The van der Waals surface area contributed by atoms with Crippen LogP contribution in [0.15, 0.2) is 29.4 Å². The van der Waals surface area contributed by atoms with Crippen molar-refractivity contribution < 1.29 is 13.2 Å². The fourth-order valence-electron chi connectivity index (χ4n) is 3.03. The number of hydrogen-bond donors (Lipinski definition) is 1. The first-order valence-corrected chi connectivity index (χ1v) is 10.4. The summed E-state index contributed by atoms with van der Waals surface area (Å²) in [6, 6.07) is 5.74. The van der Waals surface area contributed by atoms with Crippen LogP contribution in [-0.2, 0) is 14.8 Å². The van der Waals surface area contributed by atoms with E-state index in [1.807, 2.05) is 23.1 Å². The molecule has 0 aromatic carbocycles. The van der Waals surface area contributed by atoms with Gasteiger partial charge in [-0.2, -0.15) is 4.31 Å². The van der Waals surface area contributed by atoms with Gasteiger partial charge in [-0.1, -0.05) is 6.07 Å². The minimum absolute atomic E-state index is 0.0262. The molecule has 0 saturated carbocycles. The standard InChI is InChI=1S/C16H26N6O3S/c17-16(21-10-12-25-13-11-21)19-5-14-26(23,24)22-8-6-20(7-9-22)15-3-1-2-4-18-15/h1-4H,5-14H2,(H2,17,19). The van der Waals surface area contributed by atoms with Gasteiger partial charge in [0, 0.05) is 45.5 Å². The number of pyridine rings is 1. The zero-order valence-electron chi connectivity index (χ0n) is 14.8. The van der Waals surface area contributed by atoms with Crippen LogP contribution in [0.2, 0.25) is 0 Å². The van der Waals surface area contributed by atoms with E-state index in [9.17, 15) is 8.42 Å². The Bertz CT molecular complexity index is 698. The Kier molecular flexibility index (Phi) is 6.28. The second-order valence-corrected chi connectivity index (χ2v) is 8.32. The number of hydrogen-bond acceptors (Lipinski definition) is 6. The summed E-state index contributed by atoms with van der Waals surface area (Å²) in [5.41, 5.74) is 5.94. The highest BCUT2D eigenvalue weighted by atomic mass is 32.2. The number of sulfonamides is 1. The van der Waals surface area contributed by atoms with E-state index >= 15 is 0 Å². The van der Waals surface area contributed by atoms with E-state index in [1.54, 1.807) is 6.20 Å². The monoisotopic (exact) mass is 382 g/mol. The van der Waals surface area contributed by atoms with Gasteiger partial charge in [-0.05, 0) is 12.1 Å². The number of nitrogens with two attached hydrogens (primary N) is 1. The van der Waals surface area contributed by atoms with Crippen LogP contribution in [-0.4, -0.2) is 93.3 Å². The van der Waals surface area contributed by atoms with E-state index in [2.05, 4.69) is 14.9 Å². The summed E-state index contributed by atoms with van der Waals surface area (Å²) in [5, 5.41) is 0. The van der Waals surface area contributed by atoms with Crippen molar-refractivity contribution in [1.29, 1.82) is 0 Å². The lowest BCUT2D eigenvalue weighted by Crippen LogP contribution is -2.50. The molecule has 2 aliphatic heterocycles. The van der Waals surface area contributed by atoms with Crippen molar-refractivity contribution in [3.05, 3.63) is 24.4 Å². The van der Waals surface area contributed by atoms with Gasteiger partial charge >= 0.3 is 0 Å². The first kappa shape index (κ1) is 18.9. The summed E-state index contributed by atoms with van der Waals surface area (Å²) in [5.74, 6) is 1.25. The van der Waals surface area contributed by atoms with Crippen LogP contribution < -0.4 is 10.6 Å². The Balaban J connectivity index is 1.48. The Morgan fingerprint density at radius 2 is 1.88 bits per heavy atom. The maximum Gasteiger partial charge on any atom is 0.216 e. The van der Waals surface area contributed by atoms with E-state index in [0.29, 0.717) is 58.4 Å². The molecule has 2 aliphatic rings. The zero-order chi connectivity index (χ0) is 18.4. The lowest BCUT2D eigenvalue weighted by atomic mass is 10.3. The number of aromatic nitrogens is 1. The predicted molar refractivity (Wildman–Crippen MR) is 101 cm³/mol. The van der Waals surface area contributed by atoms with Gasteiger partial charge in [-0.25, -0.2) is 13.4 Å². The van der Waals surface area contributed by atoms with Gasteiger partial charge in [-0.3, -0.25) is 4.99 Å². The van der Waals surface area contributed by atoms with E-state index in [0.717, 1.165) is 5.82 Å². The number of rotatable bonds is 5. The highest BCUT2D eigenvalue weighted by Crippen LogP contribution is 2.14. The molecule has 1 aromatic rings. The quantitative estimate of drug-likeness (QED) is 0.524. The van der Waals surface area contributed by atoms with Crippen LogP contribution in [0.4, 0.5) is 5.82 Å². The molecular weight excluding hydrogens is 356 g/mol. The molecule has 9 nitrogen and oxygen atoms in total. The van der Waals surface area contributed by atoms with Crippen molar-refractivity contribution in [2.24, 2.45) is 10.7 Å². The molecule has 2 fully saturated rings. The van der Waals surface area contributed by atoms with Crippen LogP contribution in [0, 0.1) is 0 Å². The van der Waals surface area contributed by atoms with Crippen LogP contribution in [0.1, 0.15) is 0 Å². The maximum atomic E-state index is 12.5. The van der Waals surface area contributed by atoms with Crippen molar-refractivity contribution in [3.63, 3.8) is 0 Å². The fourth-order valence-corrected chi connectivity index (χ4v) is 4.33. The minimum Gasteiger partial charge on any atom is -0.378 e. The molecule has 144 valence electrons. The van der Waals surface area contributed by atoms with Crippen molar-refractivity contribution in [2.45, 2.75) is 0 Å². The van der Waals surface area contributed by atoms with E-state index in [4.69, 9.17) is 10.5 Å². The number of nitrogens with zero attached hydrogens (tertiary/aromatic N) is 5. The van der Waals surface area contributed by atoms with Crippen LogP contribution in [0.3, 0.4) is 0 Å². The van der Waals surface area contributed by atoms with Crippen molar-refractivity contribution in [2.75, 3.05) is 69.7 Å². The Morgan fingerprint density at radius 3 is 2.54 bits per heavy atom. The van der Waals surface area contributed by atoms with Crippen LogP contribution in [0.25, 0.3) is 0 Å². The molecule has 3 rings (SSSR count). The topological polar surface area (TPSA) is 104 Å². The number of aliphatic imine (C=N–C) groups is 1. The molecule has 1 aromatic heterocycles. The SMILES string of the molecule is NC(=NCCS(=O)(=O)N1CCN(c2ccccn2)CC1)N1CCOCC1. The third kappa shape index (κ3) is 4.83. The molecule has 0 amide bonds. The fraction of sp³-hybridized carbons (Fsp3) is 0.625. The second-order valence-electron chi connectivity index (χ2n) is 6.23. The number of piperazine rings is 1. The molecule has 0 radical (unpaired) electrons. The Hall–Kier alpha value is -1.91. The van der Waals surface area contributed by atoms with Gasteiger partial charge < -0.3 is 20.3 Å². The summed E-state index contributed by atoms with van der Waals surface area (Å²) in [6.45, 7) is 4.99. The van der Waals surface area contributed by atoms with Crippen LogP contribution in [0.5, 0.6) is 0 Å². The number of guanidine groups is 1. The molecule has 10 heteroatoms. The summed E-state index contributed by atoms with van der Waals surface area (Å²) >= 11 is 0. The highest BCUT2D eigenvalue weighted by molar-refractivity contribution is 7.89. The lowest BCUT2D eigenvalue weighted by Gasteiger charge is -2.34. The van der Waals surface area contributed by atoms with Gasteiger partial charge in [0.2, 0.25) is 10.0 Å². The molecule has 0 unspecified atom stereocenters. The summed E-state index contributed by atoms with van der Waals surface area (Å²) < 4.78 is 31.9. The molecule has 0 atom stereocenters. The average molecular weight is 382 g/mol. The molecule has 2 saturated heterocycles. The van der Waals surface area contributed by atoms with Crippen molar-refractivity contribution in [1.82, 2.24) is 14.2 Å². The van der Waals surface area contributed by atoms with Gasteiger partial charge in [0.1, 0.15) is 5.82 Å². The summed E-state index contributed by atoms with van der Waals surface area (Å²) in [7, 11) is -3.33. The van der Waals surface area contributed by atoms with E-state index in [1.165, 1.54) is 4.31 Å². The van der Waals surface area contributed by atoms with E-state index < -0.39 is 10.0 Å². The van der Waals surface area contributed by atoms with Gasteiger partial charge in [0.15, 0.2) is 5.96 Å².